The van der Waals surface area contributed by atoms with Crippen LogP contribution in [0.5, 0.6) is 0 Å². The first kappa shape index (κ1) is 16.1. The second-order valence-electron chi connectivity index (χ2n) is 7.11. The molecule has 1 aromatic heterocycles. The van der Waals surface area contributed by atoms with E-state index in [-0.39, 0.29) is 23.2 Å². The molecular formula is C19H21FN4O. The lowest BCUT2D eigenvalue weighted by molar-refractivity contribution is -0.127. The van der Waals surface area contributed by atoms with Crippen molar-refractivity contribution in [1.29, 1.82) is 0 Å². The molecule has 1 spiro atoms. The molecule has 6 heteroatoms. The van der Waals surface area contributed by atoms with Crippen molar-refractivity contribution in [3.8, 4) is 11.3 Å². The third-order valence-electron chi connectivity index (χ3n) is 5.47. The normalized spacial score (nSPS) is 26.4. The predicted octanol–water partition coefficient (Wildman–Crippen LogP) is 2.91. The summed E-state index contributed by atoms with van der Waals surface area (Å²) in [5, 5.41) is 0. The van der Waals surface area contributed by atoms with E-state index < -0.39 is 0 Å². The highest BCUT2D eigenvalue weighted by atomic mass is 19.1. The quantitative estimate of drug-likeness (QED) is 0.912. The van der Waals surface area contributed by atoms with Crippen molar-refractivity contribution in [2.75, 3.05) is 11.4 Å². The Morgan fingerprint density at radius 2 is 2.00 bits per heavy atom. The van der Waals surface area contributed by atoms with E-state index in [1.54, 1.807) is 23.1 Å². The van der Waals surface area contributed by atoms with Gasteiger partial charge >= 0.3 is 0 Å². The van der Waals surface area contributed by atoms with Crippen molar-refractivity contribution in [3.63, 3.8) is 0 Å². The van der Waals surface area contributed by atoms with Crippen LogP contribution >= 0.6 is 0 Å². The summed E-state index contributed by atoms with van der Waals surface area (Å²) in [6.45, 7) is 0.658. The summed E-state index contributed by atoms with van der Waals surface area (Å²) in [5.74, 6) is 0.449. The van der Waals surface area contributed by atoms with Crippen molar-refractivity contribution in [3.05, 3.63) is 42.5 Å². The fraction of sp³-hybridized carbons (Fsp3) is 0.421. The Balaban J connectivity index is 1.61. The fourth-order valence-corrected chi connectivity index (χ4v) is 4.14. The molecule has 1 saturated heterocycles. The van der Waals surface area contributed by atoms with Gasteiger partial charge in [0.15, 0.2) is 0 Å². The Hall–Kier alpha value is -2.34. The van der Waals surface area contributed by atoms with Gasteiger partial charge in [-0.15, -0.1) is 0 Å². The number of nitrogens with two attached hydrogens (primary N) is 1. The number of amides is 1. The summed E-state index contributed by atoms with van der Waals surface area (Å²) in [4.78, 5) is 23.4. The van der Waals surface area contributed by atoms with Gasteiger partial charge in [0, 0.05) is 24.2 Å². The van der Waals surface area contributed by atoms with Gasteiger partial charge in [-0.2, -0.15) is 0 Å². The molecular weight excluding hydrogens is 319 g/mol. The lowest BCUT2D eigenvalue weighted by Crippen LogP contribution is -2.42. The van der Waals surface area contributed by atoms with Crippen molar-refractivity contribution in [2.24, 2.45) is 11.1 Å². The monoisotopic (exact) mass is 340 g/mol. The minimum Gasteiger partial charge on any atom is -0.328 e. The number of carbonyl (C=O) groups excluding carboxylic acids is 1. The highest BCUT2D eigenvalue weighted by molar-refractivity contribution is 5.99. The number of aromatic nitrogens is 2. The van der Waals surface area contributed by atoms with Crippen LogP contribution in [0.25, 0.3) is 11.3 Å². The summed E-state index contributed by atoms with van der Waals surface area (Å²) in [5.41, 5.74) is 7.28. The van der Waals surface area contributed by atoms with Gasteiger partial charge in [0.2, 0.25) is 5.91 Å². The first-order valence-electron chi connectivity index (χ1n) is 8.73. The number of benzene rings is 1. The number of rotatable bonds is 2. The molecule has 0 radical (unpaired) electrons. The van der Waals surface area contributed by atoms with Crippen LogP contribution < -0.4 is 10.6 Å². The van der Waals surface area contributed by atoms with E-state index in [0.29, 0.717) is 18.1 Å². The Morgan fingerprint density at radius 1 is 1.20 bits per heavy atom. The molecule has 0 bridgehead atoms. The average molecular weight is 340 g/mol. The minimum absolute atomic E-state index is 0.109. The lowest BCUT2D eigenvalue weighted by atomic mass is 9.71. The highest BCUT2D eigenvalue weighted by Crippen LogP contribution is 2.45. The highest BCUT2D eigenvalue weighted by Gasteiger charge is 2.49. The molecule has 2 atom stereocenters. The maximum atomic E-state index is 13.1. The minimum atomic E-state index is -0.321. The van der Waals surface area contributed by atoms with Crippen molar-refractivity contribution in [1.82, 2.24) is 9.97 Å². The van der Waals surface area contributed by atoms with Gasteiger partial charge in [-0.25, -0.2) is 14.4 Å². The average Bonchev–Trinajstić information content (AvgIpc) is 2.92. The van der Waals surface area contributed by atoms with Crippen LogP contribution in [-0.2, 0) is 4.79 Å². The summed E-state index contributed by atoms with van der Waals surface area (Å²) in [6, 6.07) is 8.06. The molecule has 1 saturated carbocycles. The Kier molecular flexibility index (Phi) is 4.00. The molecule has 2 N–H and O–H groups in total. The second kappa shape index (κ2) is 6.19. The smallest absolute Gasteiger partial charge is 0.234 e. The number of halogens is 1. The molecule has 1 amide bonds. The molecule has 2 aromatic rings. The van der Waals surface area contributed by atoms with Crippen LogP contribution in [-0.4, -0.2) is 28.5 Å². The summed E-state index contributed by atoms with van der Waals surface area (Å²) in [6.07, 6.45) is 5.96. The third kappa shape index (κ3) is 2.91. The molecule has 2 aliphatic rings. The fourth-order valence-electron chi connectivity index (χ4n) is 4.14. The number of nitrogens with zero attached hydrogens (tertiary/aromatic N) is 3. The zero-order chi connectivity index (χ0) is 17.4. The van der Waals surface area contributed by atoms with Gasteiger partial charge in [-0.1, -0.05) is 6.42 Å². The van der Waals surface area contributed by atoms with E-state index in [1.807, 2.05) is 0 Å². The first-order chi connectivity index (χ1) is 12.1. The van der Waals surface area contributed by atoms with Crippen LogP contribution in [0.3, 0.4) is 0 Å². The number of hydrogen-bond acceptors (Lipinski definition) is 4. The van der Waals surface area contributed by atoms with Crippen LogP contribution in [0.1, 0.15) is 32.1 Å². The summed E-state index contributed by atoms with van der Waals surface area (Å²) in [7, 11) is 0. The van der Waals surface area contributed by atoms with Gasteiger partial charge in [-0.05, 0) is 49.9 Å². The Bertz CT molecular complexity index is 794. The Labute approximate surface area is 146 Å². The van der Waals surface area contributed by atoms with Crippen molar-refractivity contribution >= 4 is 11.7 Å². The number of hydrogen-bond donors (Lipinski definition) is 1. The van der Waals surface area contributed by atoms with E-state index in [9.17, 15) is 9.18 Å². The molecule has 25 heavy (non-hydrogen) atoms. The van der Waals surface area contributed by atoms with Crippen molar-refractivity contribution < 1.29 is 9.18 Å². The van der Waals surface area contributed by atoms with Crippen molar-refractivity contribution in [2.45, 2.75) is 38.1 Å². The van der Waals surface area contributed by atoms with E-state index in [0.717, 1.165) is 37.7 Å². The first-order valence-corrected chi connectivity index (χ1v) is 8.73. The lowest BCUT2D eigenvalue weighted by Gasteiger charge is -2.34. The maximum absolute atomic E-state index is 13.1. The summed E-state index contributed by atoms with van der Waals surface area (Å²) >= 11 is 0. The van der Waals surface area contributed by atoms with E-state index in [2.05, 4.69) is 9.97 Å². The standard InChI is InChI=1S/C19H21FN4O/c20-14-5-3-13(4-6-14)16-10-17(23-12-22-16)24-9-8-19(18(24)25)7-1-2-15(21)11-19/h3-6,10,12,15H,1-2,7-9,11,21H2/t15-,19?/m0/s1. The Morgan fingerprint density at radius 3 is 2.76 bits per heavy atom. The number of anilines is 1. The molecule has 1 unspecified atom stereocenters. The largest absolute Gasteiger partial charge is 0.328 e. The maximum Gasteiger partial charge on any atom is 0.234 e. The van der Waals surface area contributed by atoms with E-state index in [1.165, 1.54) is 18.5 Å². The molecule has 5 nitrogen and oxygen atoms in total. The van der Waals surface area contributed by atoms with E-state index >= 15 is 0 Å². The van der Waals surface area contributed by atoms with E-state index in [4.69, 9.17) is 5.73 Å². The molecule has 1 aromatic carbocycles. The molecule has 1 aliphatic heterocycles. The zero-order valence-corrected chi connectivity index (χ0v) is 14.0. The van der Waals surface area contributed by atoms with Gasteiger partial charge < -0.3 is 5.73 Å². The van der Waals surface area contributed by atoms with Gasteiger partial charge in [-0.3, -0.25) is 9.69 Å². The zero-order valence-electron chi connectivity index (χ0n) is 14.0. The van der Waals surface area contributed by atoms with Crippen LogP contribution in [0.4, 0.5) is 10.2 Å². The van der Waals surface area contributed by atoms with Gasteiger partial charge in [0.1, 0.15) is 18.0 Å². The third-order valence-corrected chi connectivity index (χ3v) is 5.47. The van der Waals surface area contributed by atoms with Crippen LogP contribution in [0, 0.1) is 11.2 Å². The molecule has 130 valence electrons. The molecule has 1 aliphatic carbocycles. The number of carbonyl (C=O) groups is 1. The molecule has 4 rings (SSSR count). The van der Waals surface area contributed by atoms with Gasteiger partial charge in [0.05, 0.1) is 11.1 Å². The van der Waals surface area contributed by atoms with Gasteiger partial charge in [0.25, 0.3) is 0 Å². The second-order valence-corrected chi connectivity index (χ2v) is 7.11. The molecule has 2 fully saturated rings. The summed E-state index contributed by atoms with van der Waals surface area (Å²) < 4.78 is 13.1. The predicted molar refractivity (Wildman–Crippen MR) is 93.3 cm³/mol. The van der Waals surface area contributed by atoms with Crippen LogP contribution in [0.2, 0.25) is 0 Å². The molecule has 2 heterocycles. The van der Waals surface area contributed by atoms with Crippen LogP contribution in [0.15, 0.2) is 36.7 Å². The SMILES string of the molecule is N[C@H]1CCCC2(CCN(c3cc(-c4ccc(F)cc4)ncn3)C2=O)C1. The topological polar surface area (TPSA) is 72.1 Å².